The number of nitrogens with zero attached hydrogens (tertiary/aromatic N) is 4. The molecule has 1 unspecified atom stereocenters. The molecule has 3 heterocycles. The molecule has 2 aliphatic rings. The molecule has 1 aliphatic heterocycles. The Morgan fingerprint density at radius 1 is 1.31 bits per heavy atom. The first kappa shape index (κ1) is 17.1. The Kier molecular flexibility index (Phi) is 4.66. The molecule has 0 bridgehead atoms. The molecule has 4 rings (SSSR count). The predicted molar refractivity (Wildman–Crippen MR) is 99.6 cm³/mol. The van der Waals surface area contributed by atoms with E-state index >= 15 is 0 Å². The third-order valence-corrected chi connectivity index (χ3v) is 5.53. The van der Waals surface area contributed by atoms with Gasteiger partial charge in [-0.25, -0.2) is 0 Å². The molecule has 136 valence electrons. The van der Waals surface area contributed by atoms with Gasteiger partial charge in [-0.15, -0.1) is 0 Å². The smallest absolute Gasteiger partial charge is 0.237 e. The molecular formula is C20H25N5O. The Bertz CT molecular complexity index is 839. The SMILES string of the molecule is CC(C(=O)NC1CC1)N1CCN(Cc2cn3ccccc3c2C#N)CC1. The lowest BCUT2D eigenvalue weighted by Gasteiger charge is -2.37. The molecule has 1 saturated heterocycles. The largest absolute Gasteiger partial charge is 0.352 e. The summed E-state index contributed by atoms with van der Waals surface area (Å²) < 4.78 is 2.02. The molecule has 26 heavy (non-hydrogen) atoms. The second-order valence-electron chi connectivity index (χ2n) is 7.41. The molecule has 0 spiro atoms. The highest BCUT2D eigenvalue weighted by Crippen LogP contribution is 2.21. The zero-order valence-corrected chi connectivity index (χ0v) is 15.2. The van der Waals surface area contributed by atoms with Crippen molar-refractivity contribution < 1.29 is 4.79 Å². The first-order valence-electron chi connectivity index (χ1n) is 9.41. The van der Waals surface area contributed by atoms with Crippen molar-refractivity contribution in [1.82, 2.24) is 19.5 Å². The van der Waals surface area contributed by atoms with E-state index in [0.29, 0.717) is 6.04 Å². The number of carbonyl (C=O) groups excluding carboxylic acids is 1. The summed E-state index contributed by atoms with van der Waals surface area (Å²) in [5, 5.41) is 12.7. The van der Waals surface area contributed by atoms with E-state index in [2.05, 4.69) is 27.4 Å². The van der Waals surface area contributed by atoms with E-state index in [4.69, 9.17) is 0 Å². The maximum Gasteiger partial charge on any atom is 0.237 e. The number of aromatic nitrogens is 1. The molecule has 1 aliphatic carbocycles. The number of fused-ring (bicyclic) bond motifs is 1. The van der Waals surface area contributed by atoms with Gasteiger partial charge in [0.05, 0.1) is 17.1 Å². The number of hydrogen-bond acceptors (Lipinski definition) is 4. The predicted octanol–water partition coefficient (Wildman–Crippen LogP) is 1.60. The van der Waals surface area contributed by atoms with Crippen LogP contribution in [-0.2, 0) is 11.3 Å². The van der Waals surface area contributed by atoms with Crippen LogP contribution in [0.2, 0.25) is 0 Å². The maximum atomic E-state index is 12.2. The van der Waals surface area contributed by atoms with Crippen LogP contribution in [0.5, 0.6) is 0 Å². The fourth-order valence-corrected chi connectivity index (χ4v) is 3.69. The van der Waals surface area contributed by atoms with Gasteiger partial charge in [0.25, 0.3) is 0 Å². The summed E-state index contributed by atoms with van der Waals surface area (Å²) in [4.78, 5) is 16.9. The highest BCUT2D eigenvalue weighted by atomic mass is 16.2. The highest BCUT2D eigenvalue weighted by Gasteiger charge is 2.30. The van der Waals surface area contributed by atoms with Gasteiger partial charge in [0.1, 0.15) is 6.07 Å². The number of piperazine rings is 1. The normalized spacial score (nSPS) is 20.0. The number of carbonyl (C=O) groups is 1. The molecular weight excluding hydrogens is 326 g/mol. The van der Waals surface area contributed by atoms with Crippen molar-refractivity contribution in [2.45, 2.75) is 38.4 Å². The summed E-state index contributed by atoms with van der Waals surface area (Å²) >= 11 is 0. The van der Waals surface area contributed by atoms with Crippen molar-refractivity contribution in [2.75, 3.05) is 26.2 Å². The van der Waals surface area contributed by atoms with Gasteiger partial charge < -0.3 is 9.72 Å². The minimum absolute atomic E-state index is 0.0653. The van der Waals surface area contributed by atoms with Gasteiger partial charge in [-0.05, 0) is 31.9 Å². The van der Waals surface area contributed by atoms with Crippen molar-refractivity contribution in [3.8, 4) is 6.07 Å². The first-order chi connectivity index (χ1) is 12.7. The minimum atomic E-state index is -0.0653. The first-order valence-corrected chi connectivity index (χ1v) is 9.41. The lowest BCUT2D eigenvalue weighted by molar-refractivity contribution is -0.126. The zero-order chi connectivity index (χ0) is 18.1. The lowest BCUT2D eigenvalue weighted by Crippen LogP contribution is -2.53. The van der Waals surface area contributed by atoms with Gasteiger partial charge in [-0.2, -0.15) is 5.26 Å². The molecule has 0 aromatic carbocycles. The van der Waals surface area contributed by atoms with Gasteiger partial charge in [0.15, 0.2) is 0 Å². The molecule has 2 aromatic heterocycles. The molecule has 1 amide bonds. The van der Waals surface area contributed by atoms with Crippen LogP contribution in [0, 0.1) is 11.3 Å². The van der Waals surface area contributed by atoms with Crippen LogP contribution in [0.15, 0.2) is 30.6 Å². The number of hydrogen-bond donors (Lipinski definition) is 1. The third-order valence-electron chi connectivity index (χ3n) is 5.53. The zero-order valence-electron chi connectivity index (χ0n) is 15.2. The number of rotatable bonds is 5. The van der Waals surface area contributed by atoms with Gasteiger partial charge in [-0.1, -0.05) is 6.07 Å². The van der Waals surface area contributed by atoms with Gasteiger partial charge >= 0.3 is 0 Å². The summed E-state index contributed by atoms with van der Waals surface area (Å²) in [5.74, 6) is 0.159. The Labute approximate surface area is 154 Å². The number of nitriles is 1. The summed E-state index contributed by atoms with van der Waals surface area (Å²) in [5.41, 5.74) is 2.81. The Morgan fingerprint density at radius 2 is 2.08 bits per heavy atom. The van der Waals surface area contributed by atoms with E-state index < -0.39 is 0 Å². The third kappa shape index (κ3) is 3.46. The van der Waals surface area contributed by atoms with Crippen LogP contribution in [0.3, 0.4) is 0 Å². The fraction of sp³-hybridized carbons (Fsp3) is 0.500. The van der Waals surface area contributed by atoms with Gasteiger partial charge in [-0.3, -0.25) is 14.6 Å². The van der Waals surface area contributed by atoms with E-state index in [1.54, 1.807) is 0 Å². The monoisotopic (exact) mass is 351 g/mol. The minimum Gasteiger partial charge on any atom is -0.352 e. The standard InChI is InChI=1S/C20H25N5O/c1-15(20(26)22-17-5-6-17)24-10-8-23(9-11-24)13-16-14-25-7-3-2-4-19(25)18(16)12-21/h2-4,7,14-15,17H,5-6,8-11,13H2,1H3,(H,22,26). The molecule has 6 nitrogen and oxygen atoms in total. The molecule has 6 heteroatoms. The average Bonchev–Trinajstić information content (AvgIpc) is 3.40. The summed E-state index contributed by atoms with van der Waals surface area (Å²) in [6.07, 6.45) is 6.29. The number of amides is 1. The average molecular weight is 351 g/mol. The summed E-state index contributed by atoms with van der Waals surface area (Å²) in [6.45, 7) is 6.38. The topological polar surface area (TPSA) is 63.8 Å². The number of nitrogens with one attached hydrogen (secondary N) is 1. The molecule has 0 radical (unpaired) electrons. The van der Waals surface area contributed by atoms with Crippen molar-refractivity contribution in [2.24, 2.45) is 0 Å². The van der Waals surface area contributed by atoms with Crippen molar-refractivity contribution >= 4 is 11.4 Å². The van der Waals surface area contributed by atoms with E-state index in [1.165, 1.54) is 0 Å². The number of pyridine rings is 1. The molecule has 1 N–H and O–H groups in total. The van der Waals surface area contributed by atoms with E-state index in [0.717, 1.165) is 62.2 Å². The molecule has 2 fully saturated rings. The van der Waals surface area contributed by atoms with E-state index in [9.17, 15) is 10.1 Å². The summed E-state index contributed by atoms with van der Waals surface area (Å²) in [6, 6.07) is 8.64. The van der Waals surface area contributed by atoms with Crippen molar-refractivity contribution in [3.63, 3.8) is 0 Å². The van der Waals surface area contributed by atoms with Gasteiger partial charge in [0, 0.05) is 56.7 Å². The second-order valence-corrected chi connectivity index (χ2v) is 7.41. The van der Waals surface area contributed by atoms with Crippen molar-refractivity contribution in [3.05, 3.63) is 41.7 Å². The van der Waals surface area contributed by atoms with Crippen LogP contribution in [0.25, 0.3) is 5.52 Å². The lowest BCUT2D eigenvalue weighted by atomic mass is 10.1. The molecule has 1 saturated carbocycles. The highest BCUT2D eigenvalue weighted by molar-refractivity contribution is 5.81. The van der Waals surface area contributed by atoms with E-state index in [-0.39, 0.29) is 11.9 Å². The van der Waals surface area contributed by atoms with Gasteiger partial charge in [0.2, 0.25) is 5.91 Å². The van der Waals surface area contributed by atoms with Crippen LogP contribution >= 0.6 is 0 Å². The van der Waals surface area contributed by atoms with E-state index in [1.807, 2.05) is 35.7 Å². The Balaban J connectivity index is 1.37. The Hall–Kier alpha value is -2.36. The molecule has 2 aromatic rings. The van der Waals surface area contributed by atoms with Crippen LogP contribution < -0.4 is 5.32 Å². The quantitative estimate of drug-likeness (QED) is 0.889. The summed E-state index contributed by atoms with van der Waals surface area (Å²) in [7, 11) is 0. The van der Waals surface area contributed by atoms with Crippen LogP contribution in [-0.4, -0.2) is 58.4 Å². The Morgan fingerprint density at radius 3 is 2.77 bits per heavy atom. The maximum absolute atomic E-state index is 12.2. The molecule has 1 atom stereocenters. The van der Waals surface area contributed by atoms with Crippen molar-refractivity contribution in [1.29, 1.82) is 5.26 Å². The van der Waals surface area contributed by atoms with Crippen LogP contribution in [0.4, 0.5) is 0 Å². The fourth-order valence-electron chi connectivity index (χ4n) is 3.69. The van der Waals surface area contributed by atoms with Crippen LogP contribution in [0.1, 0.15) is 30.9 Å². The second kappa shape index (κ2) is 7.10.